The molecule has 24 heavy (non-hydrogen) atoms. The van der Waals surface area contributed by atoms with Gasteiger partial charge in [-0.2, -0.15) is 0 Å². The molecule has 1 aliphatic heterocycles. The number of carbonyl (C=O) groups is 1. The van der Waals surface area contributed by atoms with Crippen molar-refractivity contribution < 1.29 is 13.2 Å². The molecule has 1 saturated heterocycles. The molecule has 0 aromatic carbocycles. The van der Waals surface area contributed by atoms with E-state index in [4.69, 9.17) is 0 Å². The van der Waals surface area contributed by atoms with Crippen LogP contribution in [0.25, 0.3) is 5.82 Å². The topological polar surface area (TPSA) is 97.2 Å². The lowest BCUT2D eigenvalue weighted by atomic mass is 10.1. The van der Waals surface area contributed by atoms with E-state index in [2.05, 4.69) is 14.7 Å². The Morgan fingerprint density at radius 3 is 2.83 bits per heavy atom. The molecule has 8 nitrogen and oxygen atoms in total. The molecule has 2 aromatic heterocycles. The summed E-state index contributed by atoms with van der Waals surface area (Å²) in [7, 11) is -3.28. The monoisotopic (exact) mass is 349 g/mol. The number of hydrogen-bond donors (Lipinski definition) is 1. The maximum atomic E-state index is 12.6. The molecule has 1 aliphatic rings. The first-order valence-electron chi connectivity index (χ1n) is 7.63. The standard InChI is InChI=1S/C15H19N5O3S/c1-24(22,23)18-13-3-2-7-19(10-13)15(21)12-4-5-14(17-9-12)20-8-6-16-11-20/h4-6,8-9,11,13,18H,2-3,7,10H2,1H3/t13-/m0/s1. The maximum Gasteiger partial charge on any atom is 0.255 e. The zero-order valence-electron chi connectivity index (χ0n) is 13.3. The third-order valence-corrected chi connectivity index (χ3v) is 4.61. The smallest absolute Gasteiger partial charge is 0.255 e. The van der Waals surface area contributed by atoms with Crippen LogP contribution in [0.2, 0.25) is 0 Å². The van der Waals surface area contributed by atoms with E-state index in [1.807, 2.05) is 0 Å². The zero-order chi connectivity index (χ0) is 17.2. The Hall–Kier alpha value is -2.26. The lowest BCUT2D eigenvalue weighted by Gasteiger charge is -2.32. The van der Waals surface area contributed by atoms with Crippen molar-refractivity contribution in [3.8, 4) is 5.82 Å². The summed E-state index contributed by atoms with van der Waals surface area (Å²) in [6.07, 6.45) is 9.22. The molecule has 0 radical (unpaired) electrons. The van der Waals surface area contributed by atoms with Gasteiger partial charge >= 0.3 is 0 Å². The van der Waals surface area contributed by atoms with Crippen LogP contribution in [0.4, 0.5) is 0 Å². The Morgan fingerprint density at radius 2 is 2.21 bits per heavy atom. The van der Waals surface area contributed by atoms with Crippen molar-refractivity contribution in [3.63, 3.8) is 0 Å². The van der Waals surface area contributed by atoms with Crippen molar-refractivity contribution in [2.24, 2.45) is 0 Å². The van der Waals surface area contributed by atoms with E-state index in [0.29, 0.717) is 24.5 Å². The zero-order valence-corrected chi connectivity index (χ0v) is 14.1. The highest BCUT2D eigenvalue weighted by Gasteiger charge is 2.26. The van der Waals surface area contributed by atoms with Gasteiger partial charge in [0, 0.05) is 37.7 Å². The van der Waals surface area contributed by atoms with Crippen molar-refractivity contribution in [1.29, 1.82) is 0 Å². The van der Waals surface area contributed by atoms with Gasteiger partial charge in [-0.15, -0.1) is 0 Å². The van der Waals surface area contributed by atoms with Crippen molar-refractivity contribution in [2.45, 2.75) is 18.9 Å². The molecule has 2 aromatic rings. The number of aromatic nitrogens is 3. The molecular formula is C15H19N5O3S. The summed E-state index contributed by atoms with van der Waals surface area (Å²) < 4.78 is 27.1. The fraction of sp³-hybridized carbons (Fsp3) is 0.400. The van der Waals surface area contributed by atoms with E-state index in [0.717, 1.165) is 19.1 Å². The molecular weight excluding hydrogens is 330 g/mol. The average molecular weight is 349 g/mol. The Labute approximate surface area is 140 Å². The number of hydrogen-bond acceptors (Lipinski definition) is 5. The average Bonchev–Trinajstić information content (AvgIpc) is 3.07. The molecule has 9 heteroatoms. The van der Waals surface area contributed by atoms with Gasteiger partial charge < -0.3 is 4.90 Å². The lowest BCUT2D eigenvalue weighted by molar-refractivity contribution is 0.0702. The highest BCUT2D eigenvalue weighted by molar-refractivity contribution is 7.88. The molecule has 0 aliphatic carbocycles. The van der Waals surface area contributed by atoms with Gasteiger partial charge in [0.15, 0.2) is 0 Å². The number of amides is 1. The first-order valence-corrected chi connectivity index (χ1v) is 9.52. The number of sulfonamides is 1. The summed E-state index contributed by atoms with van der Waals surface area (Å²) >= 11 is 0. The van der Waals surface area contributed by atoms with Crippen LogP contribution in [0.5, 0.6) is 0 Å². The minimum atomic E-state index is -3.28. The second-order valence-corrected chi connectivity index (χ2v) is 7.64. The number of rotatable bonds is 4. The summed E-state index contributed by atoms with van der Waals surface area (Å²) in [5, 5.41) is 0. The van der Waals surface area contributed by atoms with Crippen LogP contribution >= 0.6 is 0 Å². The minimum absolute atomic E-state index is 0.139. The van der Waals surface area contributed by atoms with Gasteiger partial charge in [-0.1, -0.05) is 0 Å². The molecule has 0 unspecified atom stereocenters. The SMILES string of the molecule is CS(=O)(=O)N[C@H]1CCCN(C(=O)c2ccc(-n3ccnc3)nc2)C1. The van der Waals surface area contributed by atoms with E-state index in [9.17, 15) is 13.2 Å². The maximum absolute atomic E-state index is 12.6. The molecule has 0 bridgehead atoms. The number of pyridine rings is 1. The van der Waals surface area contributed by atoms with E-state index in [1.54, 1.807) is 40.3 Å². The molecule has 1 atom stereocenters. The molecule has 1 amide bonds. The van der Waals surface area contributed by atoms with Crippen molar-refractivity contribution in [2.75, 3.05) is 19.3 Å². The highest BCUT2D eigenvalue weighted by atomic mass is 32.2. The van der Waals surface area contributed by atoms with Crippen molar-refractivity contribution in [3.05, 3.63) is 42.6 Å². The van der Waals surface area contributed by atoms with Crippen LogP contribution in [0.3, 0.4) is 0 Å². The normalized spacial score (nSPS) is 18.5. The summed E-state index contributed by atoms with van der Waals surface area (Å²) in [5.41, 5.74) is 0.485. The molecule has 0 spiro atoms. The van der Waals surface area contributed by atoms with Crippen LogP contribution in [0, 0.1) is 0 Å². The largest absolute Gasteiger partial charge is 0.337 e. The van der Waals surface area contributed by atoms with E-state index >= 15 is 0 Å². The number of likely N-dealkylation sites (tertiary alicyclic amines) is 1. The van der Waals surface area contributed by atoms with Gasteiger partial charge in [0.2, 0.25) is 10.0 Å². The van der Waals surface area contributed by atoms with E-state index in [1.165, 1.54) is 6.20 Å². The first-order chi connectivity index (χ1) is 11.4. The summed E-state index contributed by atoms with van der Waals surface area (Å²) in [5.74, 6) is 0.541. The number of carbonyl (C=O) groups excluding carboxylic acids is 1. The second kappa shape index (κ2) is 6.70. The summed E-state index contributed by atoms with van der Waals surface area (Å²) in [6.45, 7) is 0.985. The lowest BCUT2D eigenvalue weighted by Crippen LogP contribution is -2.49. The Kier molecular flexibility index (Phi) is 4.63. The Morgan fingerprint density at radius 1 is 1.38 bits per heavy atom. The number of imidazole rings is 1. The third-order valence-electron chi connectivity index (χ3n) is 3.85. The van der Waals surface area contributed by atoms with Gasteiger partial charge in [0.05, 0.1) is 11.8 Å². The Balaban J connectivity index is 1.69. The third kappa shape index (κ3) is 3.98. The van der Waals surface area contributed by atoms with Gasteiger partial charge in [-0.3, -0.25) is 9.36 Å². The van der Waals surface area contributed by atoms with Gasteiger partial charge in [0.1, 0.15) is 12.1 Å². The number of nitrogens with zero attached hydrogens (tertiary/aromatic N) is 4. The van der Waals surface area contributed by atoms with E-state index in [-0.39, 0.29) is 11.9 Å². The summed E-state index contributed by atoms with van der Waals surface area (Å²) in [6, 6.07) is 3.24. The second-order valence-electron chi connectivity index (χ2n) is 5.86. The molecule has 1 fully saturated rings. The van der Waals surface area contributed by atoms with Crippen LogP contribution < -0.4 is 4.72 Å². The van der Waals surface area contributed by atoms with Gasteiger partial charge in [-0.25, -0.2) is 23.1 Å². The fourth-order valence-electron chi connectivity index (χ4n) is 2.80. The molecule has 1 N–H and O–H groups in total. The minimum Gasteiger partial charge on any atom is -0.337 e. The molecule has 128 valence electrons. The summed E-state index contributed by atoms with van der Waals surface area (Å²) in [4.78, 5) is 22.5. The fourth-order valence-corrected chi connectivity index (χ4v) is 3.60. The van der Waals surface area contributed by atoms with Crippen LogP contribution in [0.1, 0.15) is 23.2 Å². The number of piperidine rings is 1. The van der Waals surface area contributed by atoms with Gasteiger partial charge in [-0.05, 0) is 25.0 Å². The van der Waals surface area contributed by atoms with Crippen LogP contribution in [0.15, 0.2) is 37.1 Å². The van der Waals surface area contributed by atoms with Crippen LogP contribution in [-0.2, 0) is 10.0 Å². The predicted molar refractivity (Wildman–Crippen MR) is 88.3 cm³/mol. The van der Waals surface area contributed by atoms with Gasteiger partial charge in [0.25, 0.3) is 5.91 Å². The Bertz CT molecular complexity index is 802. The molecule has 3 rings (SSSR count). The predicted octanol–water partition coefficient (Wildman–Crippen LogP) is 0.421. The van der Waals surface area contributed by atoms with Crippen molar-refractivity contribution >= 4 is 15.9 Å². The highest BCUT2D eigenvalue weighted by Crippen LogP contribution is 2.15. The van der Waals surface area contributed by atoms with E-state index < -0.39 is 10.0 Å². The van der Waals surface area contributed by atoms with Crippen LogP contribution in [-0.4, -0.2) is 59.1 Å². The van der Waals surface area contributed by atoms with Crippen molar-refractivity contribution in [1.82, 2.24) is 24.2 Å². The number of nitrogens with one attached hydrogen (secondary N) is 1. The first kappa shape index (κ1) is 16.6. The molecule has 3 heterocycles. The molecule has 0 saturated carbocycles. The quantitative estimate of drug-likeness (QED) is 0.863.